The zero-order chi connectivity index (χ0) is 28.7. The summed E-state index contributed by atoms with van der Waals surface area (Å²) in [5.41, 5.74) is 0.956. The zero-order valence-corrected chi connectivity index (χ0v) is 23.3. The lowest BCUT2D eigenvalue weighted by molar-refractivity contribution is -0.140. The van der Waals surface area contributed by atoms with Crippen LogP contribution in [0.1, 0.15) is 49.3 Å². The van der Waals surface area contributed by atoms with Gasteiger partial charge >= 0.3 is 12.1 Å². The summed E-state index contributed by atoms with van der Waals surface area (Å²) in [7, 11) is 1.59. The molecule has 0 amide bonds. The predicted octanol–water partition coefficient (Wildman–Crippen LogP) is 6.67. The summed E-state index contributed by atoms with van der Waals surface area (Å²) in [4.78, 5) is 18.2. The van der Waals surface area contributed by atoms with Crippen molar-refractivity contribution in [3.63, 3.8) is 0 Å². The number of benzene rings is 2. The Balaban J connectivity index is 1.36. The Kier molecular flexibility index (Phi) is 10.3. The number of nitrogens with zero attached hydrogens (tertiary/aromatic N) is 2. The Morgan fingerprint density at radius 3 is 2.73 bits per heavy atom. The molecule has 0 spiro atoms. The number of methoxy groups -OCH3 is 1. The number of carboxylic acid groups (broad SMARTS) is 1. The maximum atomic E-state index is 13.3. The number of ether oxygens (including phenoxy) is 1. The van der Waals surface area contributed by atoms with Gasteiger partial charge < -0.3 is 19.8 Å². The zero-order valence-electron chi connectivity index (χ0n) is 22.4. The second-order valence-electron chi connectivity index (χ2n) is 10.3. The van der Waals surface area contributed by atoms with Crippen LogP contribution in [-0.2, 0) is 11.0 Å². The number of halogens is 3. The monoisotopic (exact) mass is 576 g/mol. The highest BCUT2D eigenvalue weighted by molar-refractivity contribution is 7.99. The molecule has 2 aromatic carbocycles. The van der Waals surface area contributed by atoms with E-state index in [1.54, 1.807) is 19.4 Å². The van der Waals surface area contributed by atoms with E-state index in [0.29, 0.717) is 37.4 Å². The Hall–Kier alpha value is -2.82. The molecule has 0 saturated carbocycles. The van der Waals surface area contributed by atoms with Gasteiger partial charge in [-0.05, 0) is 86.0 Å². The fourth-order valence-electron chi connectivity index (χ4n) is 5.58. The average Bonchev–Trinajstić information content (AvgIpc) is 2.94. The maximum absolute atomic E-state index is 13.3. The van der Waals surface area contributed by atoms with Crippen LogP contribution in [0.15, 0.2) is 59.6 Å². The molecule has 2 heterocycles. The molecule has 1 saturated heterocycles. The minimum Gasteiger partial charge on any atom is -0.497 e. The number of fused-ring (bicyclic) bond motifs is 1. The van der Waals surface area contributed by atoms with E-state index in [-0.39, 0.29) is 23.2 Å². The molecule has 10 heteroatoms. The molecule has 0 unspecified atom stereocenters. The van der Waals surface area contributed by atoms with E-state index in [2.05, 4.69) is 9.88 Å². The third-order valence-electron chi connectivity index (χ3n) is 7.71. The number of piperidine rings is 1. The summed E-state index contributed by atoms with van der Waals surface area (Å²) < 4.78 is 45.3. The number of aliphatic hydroxyl groups excluding tert-OH is 1. The van der Waals surface area contributed by atoms with Crippen LogP contribution >= 0.6 is 11.8 Å². The minimum atomic E-state index is -4.39. The Morgan fingerprint density at radius 2 is 1.98 bits per heavy atom. The molecular formula is C30H35F3N2O4S. The van der Waals surface area contributed by atoms with Crippen molar-refractivity contribution < 1.29 is 32.9 Å². The molecule has 0 radical (unpaired) electrons. The first-order valence-electron chi connectivity index (χ1n) is 13.5. The standard InChI is InChI=1S/C30H35F3N2O4S/c1-39-22-8-9-26-24(18-22)23(12-14-34-26)27(36)10-6-20-13-15-35(19-21(20)7-11-29(37)38)16-17-40-28-5-3-2-4-25(28)30(31,32)33/h2-5,8-9,12,14,18,20-21,27,36H,6-7,10-11,13,15-17,19H2,1H3,(H,37,38)/t20-,21-,27-/m1/s1. The summed E-state index contributed by atoms with van der Waals surface area (Å²) >= 11 is 1.20. The van der Waals surface area contributed by atoms with Gasteiger partial charge in [-0.1, -0.05) is 12.1 Å². The molecular weight excluding hydrogens is 541 g/mol. The van der Waals surface area contributed by atoms with E-state index >= 15 is 0 Å². The van der Waals surface area contributed by atoms with E-state index in [9.17, 15) is 28.2 Å². The largest absolute Gasteiger partial charge is 0.497 e. The number of carbonyl (C=O) groups is 1. The van der Waals surface area contributed by atoms with Gasteiger partial charge in [0.15, 0.2) is 0 Å². The van der Waals surface area contributed by atoms with Crippen molar-refractivity contribution in [2.75, 3.05) is 32.5 Å². The van der Waals surface area contributed by atoms with Crippen molar-refractivity contribution in [2.45, 2.75) is 49.3 Å². The molecule has 2 N–H and O–H groups in total. The number of pyridine rings is 1. The van der Waals surface area contributed by atoms with Crippen molar-refractivity contribution in [1.29, 1.82) is 0 Å². The van der Waals surface area contributed by atoms with Gasteiger partial charge in [0.05, 0.1) is 24.3 Å². The number of hydrogen-bond acceptors (Lipinski definition) is 6. The van der Waals surface area contributed by atoms with Crippen molar-refractivity contribution in [1.82, 2.24) is 9.88 Å². The van der Waals surface area contributed by atoms with Gasteiger partial charge in [-0.15, -0.1) is 11.8 Å². The van der Waals surface area contributed by atoms with E-state index in [1.165, 1.54) is 23.9 Å². The van der Waals surface area contributed by atoms with E-state index in [4.69, 9.17) is 4.74 Å². The molecule has 1 aliphatic heterocycles. The number of likely N-dealkylation sites (tertiary alicyclic amines) is 1. The molecule has 1 aromatic heterocycles. The molecule has 0 aliphatic carbocycles. The number of aliphatic carboxylic acids is 1. The second-order valence-corrected chi connectivity index (χ2v) is 11.4. The molecule has 6 nitrogen and oxygen atoms in total. The van der Waals surface area contributed by atoms with Crippen molar-refractivity contribution in [3.8, 4) is 5.75 Å². The lowest BCUT2D eigenvalue weighted by Gasteiger charge is -2.39. The summed E-state index contributed by atoms with van der Waals surface area (Å²) in [6, 6.07) is 13.0. The number of thioether (sulfide) groups is 1. The van der Waals surface area contributed by atoms with E-state index in [0.717, 1.165) is 41.9 Å². The van der Waals surface area contributed by atoms with Crippen molar-refractivity contribution in [2.24, 2.45) is 11.8 Å². The molecule has 1 aliphatic rings. The first kappa shape index (κ1) is 30.1. The van der Waals surface area contributed by atoms with Crippen LogP contribution in [0.3, 0.4) is 0 Å². The van der Waals surface area contributed by atoms with Gasteiger partial charge in [-0.2, -0.15) is 13.2 Å². The SMILES string of the molecule is COc1ccc2nccc([C@H](O)CC[C@@H]3CCN(CCSc4ccccc4C(F)(F)F)C[C@H]3CCC(=O)O)c2c1. The van der Waals surface area contributed by atoms with Crippen LogP contribution in [0.25, 0.3) is 10.9 Å². The van der Waals surface area contributed by atoms with Crippen molar-refractivity contribution >= 4 is 28.6 Å². The van der Waals surface area contributed by atoms with Crippen LogP contribution < -0.4 is 4.74 Å². The number of aliphatic hydroxyl groups is 1. The lowest BCUT2D eigenvalue weighted by Crippen LogP contribution is -2.41. The smallest absolute Gasteiger partial charge is 0.417 e. The molecule has 1 fully saturated rings. The van der Waals surface area contributed by atoms with Crippen LogP contribution in [0.2, 0.25) is 0 Å². The molecule has 40 heavy (non-hydrogen) atoms. The molecule has 3 atom stereocenters. The Morgan fingerprint density at radius 1 is 1.18 bits per heavy atom. The predicted molar refractivity (Wildman–Crippen MR) is 150 cm³/mol. The van der Waals surface area contributed by atoms with Gasteiger partial charge in [0.1, 0.15) is 5.75 Å². The van der Waals surface area contributed by atoms with Gasteiger partial charge in [-0.25, -0.2) is 0 Å². The highest BCUT2D eigenvalue weighted by Gasteiger charge is 2.33. The normalized spacial score (nSPS) is 19.0. The van der Waals surface area contributed by atoms with E-state index in [1.807, 2.05) is 24.3 Å². The third-order valence-corrected chi connectivity index (χ3v) is 8.77. The quantitative estimate of drug-likeness (QED) is 0.233. The first-order chi connectivity index (χ1) is 19.2. The number of aromatic nitrogens is 1. The van der Waals surface area contributed by atoms with Crippen LogP contribution in [0.5, 0.6) is 5.75 Å². The molecule has 0 bridgehead atoms. The Labute approximate surface area is 236 Å². The first-order valence-corrected chi connectivity index (χ1v) is 14.5. The van der Waals surface area contributed by atoms with Crippen LogP contribution in [0, 0.1) is 11.8 Å². The molecule has 4 rings (SSSR count). The third kappa shape index (κ3) is 7.89. The highest BCUT2D eigenvalue weighted by atomic mass is 32.2. The van der Waals surface area contributed by atoms with Crippen LogP contribution in [-0.4, -0.2) is 58.6 Å². The lowest BCUT2D eigenvalue weighted by atomic mass is 9.79. The number of carboxylic acids is 1. The fraction of sp³-hybridized carbons (Fsp3) is 0.467. The molecule has 3 aromatic rings. The Bertz CT molecular complexity index is 1290. The van der Waals surface area contributed by atoms with Gasteiger partial charge in [0.25, 0.3) is 0 Å². The van der Waals surface area contributed by atoms with Gasteiger partial charge in [0, 0.05) is 41.7 Å². The summed E-state index contributed by atoms with van der Waals surface area (Å²) in [6.45, 7) is 2.12. The van der Waals surface area contributed by atoms with Crippen molar-refractivity contribution in [3.05, 3.63) is 65.9 Å². The number of rotatable bonds is 12. The molecule has 216 valence electrons. The number of alkyl halides is 3. The minimum absolute atomic E-state index is 0.0695. The van der Waals surface area contributed by atoms with E-state index < -0.39 is 23.8 Å². The number of hydrogen-bond donors (Lipinski definition) is 2. The van der Waals surface area contributed by atoms with Gasteiger partial charge in [-0.3, -0.25) is 9.78 Å². The summed E-state index contributed by atoms with van der Waals surface area (Å²) in [6.07, 6.45) is -0.649. The average molecular weight is 577 g/mol. The van der Waals surface area contributed by atoms with Gasteiger partial charge in [0.2, 0.25) is 0 Å². The highest BCUT2D eigenvalue weighted by Crippen LogP contribution is 2.38. The fourth-order valence-corrected chi connectivity index (χ4v) is 6.66. The second kappa shape index (κ2) is 13.7. The topological polar surface area (TPSA) is 82.9 Å². The maximum Gasteiger partial charge on any atom is 0.417 e. The van der Waals surface area contributed by atoms with Crippen LogP contribution in [0.4, 0.5) is 13.2 Å². The summed E-state index contributed by atoms with van der Waals surface area (Å²) in [5.74, 6) is 0.758. The summed E-state index contributed by atoms with van der Waals surface area (Å²) in [5, 5.41) is 21.3.